The third kappa shape index (κ3) is 5.22. The van der Waals surface area contributed by atoms with Gasteiger partial charge in [-0.3, -0.25) is 9.78 Å². The van der Waals surface area contributed by atoms with E-state index in [0.717, 1.165) is 38.0 Å². The molecule has 0 radical (unpaired) electrons. The maximum Gasteiger partial charge on any atom is 0.263 e. The number of nitrogens with one attached hydrogen (secondary N) is 2. The van der Waals surface area contributed by atoms with Crippen LogP contribution in [0.5, 0.6) is 11.6 Å². The summed E-state index contributed by atoms with van der Waals surface area (Å²) in [5.41, 5.74) is 2.19. The Bertz CT molecular complexity index is 1460. The van der Waals surface area contributed by atoms with Gasteiger partial charge in [0, 0.05) is 29.6 Å². The molecule has 1 aliphatic carbocycles. The summed E-state index contributed by atoms with van der Waals surface area (Å²) in [5, 5.41) is 6.44. The summed E-state index contributed by atoms with van der Waals surface area (Å²) in [5.74, 6) is 1.42. The van der Waals surface area contributed by atoms with E-state index in [0.29, 0.717) is 72.6 Å². The molecule has 0 aromatic carbocycles. The summed E-state index contributed by atoms with van der Waals surface area (Å²) in [4.78, 5) is 25.1. The van der Waals surface area contributed by atoms with Crippen molar-refractivity contribution in [1.29, 1.82) is 0 Å². The van der Waals surface area contributed by atoms with Gasteiger partial charge in [0.1, 0.15) is 12.4 Å². The number of carbonyl (C=O) groups is 1. The second kappa shape index (κ2) is 10.5. The van der Waals surface area contributed by atoms with Gasteiger partial charge < -0.3 is 29.6 Å². The third-order valence-corrected chi connectivity index (χ3v) is 9.12. The first kappa shape index (κ1) is 26.5. The van der Waals surface area contributed by atoms with Crippen LogP contribution in [0.4, 0.5) is 10.2 Å². The van der Waals surface area contributed by atoms with E-state index in [-0.39, 0.29) is 35.6 Å². The number of anilines is 1. The van der Waals surface area contributed by atoms with Crippen LogP contribution in [-0.4, -0.2) is 64.5 Å². The van der Waals surface area contributed by atoms with Gasteiger partial charge in [0.05, 0.1) is 47.8 Å². The molecule has 3 saturated heterocycles. The highest BCUT2D eigenvalue weighted by atomic mass is 19.1. The average Bonchev–Trinajstić information content (AvgIpc) is 2.99. The van der Waals surface area contributed by atoms with Crippen LogP contribution < -0.4 is 20.1 Å². The SMILES string of the molecule is C[C@@H]1CO[C@@H]1COc1ccc2ncc(F)c(CCC34CCC(NCc5ccc6c(n5)NC(=O)CO6)(CC3)CO4)c2n1. The monoisotopic (exact) mass is 563 g/mol. The summed E-state index contributed by atoms with van der Waals surface area (Å²) in [6.45, 7) is 4.48. The first-order chi connectivity index (χ1) is 19.9. The number of pyridine rings is 3. The fourth-order valence-corrected chi connectivity index (χ4v) is 6.25. The van der Waals surface area contributed by atoms with Crippen molar-refractivity contribution in [2.75, 3.05) is 31.7 Å². The minimum Gasteiger partial charge on any atom is -0.480 e. The van der Waals surface area contributed by atoms with Crippen LogP contribution >= 0.6 is 0 Å². The molecule has 3 aromatic heterocycles. The number of hydrogen-bond acceptors (Lipinski definition) is 9. The van der Waals surface area contributed by atoms with E-state index >= 15 is 4.39 Å². The average molecular weight is 564 g/mol. The summed E-state index contributed by atoms with van der Waals surface area (Å²) in [7, 11) is 0. The van der Waals surface area contributed by atoms with Gasteiger partial charge in [-0.05, 0) is 56.7 Å². The summed E-state index contributed by atoms with van der Waals surface area (Å²) in [6, 6.07) is 7.37. The number of aromatic nitrogens is 3. The topological polar surface area (TPSA) is 117 Å². The Kier molecular flexibility index (Phi) is 6.75. The highest BCUT2D eigenvalue weighted by Gasteiger charge is 2.49. The molecule has 216 valence electrons. The van der Waals surface area contributed by atoms with Gasteiger partial charge in [0.25, 0.3) is 5.91 Å². The Balaban J connectivity index is 0.982. The molecule has 7 heterocycles. The molecule has 0 spiro atoms. The Labute approximate surface area is 237 Å². The number of amides is 1. The lowest BCUT2D eigenvalue weighted by Crippen LogP contribution is -2.61. The number of ether oxygens (including phenoxy) is 4. The van der Waals surface area contributed by atoms with Crippen molar-refractivity contribution in [1.82, 2.24) is 20.3 Å². The lowest BCUT2D eigenvalue weighted by molar-refractivity contribution is -0.165. The molecule has 1 saturated carbocycles. The molecule has 10 nitrogen and oxygen atoms in total. The maximum atomic E-state index is 15.1. The Morgan fingerprint density at radius 3 is 2.80 bits per heavy atom. The van der Waals surface area contributed by atoms with E-state index in [1.54, 1.807) is 6.07 Å². The number of hydrogen-bond donors (Lipinski definition) is 2. The van der Waals surface area contributed by atoms with Crippen LogP contribution in [-0.2, 0) is 27.2 Å². The zero-order valence-electron chi connectivity index (χ0n) is 23.1. The second-order valence-corrected chi connectivity index (χ2v) is 11.9. The van der Waals surface area contributed by atoms with Crippen molar-refractivity contribution in [2.24, 2.45) is 5.92 Å². The molecule has 2 N–H and O–H groups in total. The van der Waals surface area contributed by atoms with Gasteiger partial charge in [0.15, 0.2) is 18.2 Å². The Morgan fingerprint density at radius 1 is 1.17 bits per heavy atom. The molecule has 8 rings (SSSR count). The molecule has 2 atom stereocenters. The van der Waals surface area contributed by atoms with Gasteiger partial charge in [-0.2, -0.15) is 0 Å². The highest BCUT2D eigenvalue weighted by molar-refractivity contribution is 5.94. The lowest BCUT2D eigenvalue weighted by atomic mass is 9.69. The minimum atomic E-state index is -0.351. The quantitative estimate of drug-likeness (QED) is 0.402. The first-order valence-corrected chi connectivity index (χ1v) is 14.4. The minimum absolute atomic E-state index is 0.0140. The summed E-state index contributed by atoms with van der Waals surface area (Å²) in [6.07, 6.45) is 6.30. The van der Waals surface area contributed by atoms with Crippen molar-refractivity contribution in [3.05, 3.63) is 47.5 Å². The van der Waals surface area contributed by atoms with Gasteiger partial charge in [-0.1, -0.05) is 6.92 Å². The van der Waals surface area contributed by atoms with Crippen LogP contribution in [0.15, 0.2) is 30.5 Å². The number of rotatable bonds is 9. The molecule has 41 heavy (non-hydrogen) atoms. The van der Waals surface area contributed by atoms with Gasteiger partial charge >= 0.3 is 0 Å². The third-order valence-electron chi connectivity index (χ3n) is 9.12. The molecule has 2 bridgehead atoms. The normalized spacial score (nSPS) is 28.5. The fraction of sp³-hybridized carbons (Fsp3) is 0.533. The van der Waals surface area contributed by atoms with Gasteiger partial charge in [-0.25, -0.2) is 14.4 Å². The molecule has 11 heteroatoms. The van der Waals surface area contributed by atoms with Crippen molar-refractivity contribution >= 4 is 22.8 Å². The zero-order chi connectivity index (χ0) is 28.0. The highest BCUT2D eigenvalue weighted by Crippen LogP contribution is 2.46. The fourth-order valence-electron chi connectivity index (χ4n) is 6.25. The predicted molar refractivity (Wildman–Crippen MR) is 147 cm³/mol. The maximum absolute atomic E-state index is 15.1. The van der Waals surface area contributed by atoms with E-state index in [2.05, 4.69) is 32.5 Å². The molecule has 1 amide bonds. The van der Waals surface area contributed by atoms with E-state index < -0.39 is 0 Å². The lowest BCUT2D eigenvalue weighted by Gasteiger charge is -2.53. The van der Waals surface area contributed by atoms with Crippen LogP contribution in [0.1, 0.15) is 50.3 Å². The van der Waals surface area contributed by atoms with E-state index in [4.69, 9.17) is 18.9 Å². The number of halogens is 1. The van der Waals surface area contributed by atoms with Crippen LogP contribution in [0.25, 0.3) is 11.0 Å². The Hall–Kier alpha value is -3.41. The summed E-state index contributed by atoms with van der Waals surface area (Å²) >= 11 is 0. The largest absolute Gasteiger partial charge is 0.480 e. The van der Waals surface area contributed by atoms with Crippen LogP contribution in [0.2, 0.25) is 0 Å². The number of nitrogens with zero attached hydrogens (tertiary/aromatic N) is 3. The molecule has 5 aliphatic rings. The molecule has 4 aliphatic heterocycles. The van der Waals surface area contributed by atoms with Gasteiger partial charge in [-0.15, -0.1) is 0 Å². The van der Waals surface area contributed by atoms with Crippen molar-refractivity contribution in [3.63, 3.8) is 0 Å². The molecule has 3 aromatic rings. The van der Waals surface area contributed by atoms with Crippen LogP contribution in [0.3, 0.4) is 0 Å². The van der Waals surface area contributed by atoms with E-state index in [1.807, 2.05) is 18.2 Å². The molecule has 0 unspecified atom stereocenters. The smallest absolute Gasteiger partial charge is 0.263 e. The van der Waals surface area contributed by atoms with Crippen molar-refractivity contribution in [3.8, 4) is 11.6 Å². The van der Waals surface area contributed by atoms with E-state index in [9.17, 15) is 4.79 Å². The Morgan fingerprint density at radius 2 is 2.05 bits per heavy atom. The van der Waals surface area contributed by atoms with Crippen molar-refractivity contribution in [2.45, 2.75) is 69.2 Å². The number of fused-ring (bicyclic) bond motifs is 5. The second-order valence-electron chi connectivity index (χ2n) is 11.9. The molecule has 4 fully saturated rings. The molecular formula is C30H34FN5O5. The van der Waals surface area contributed by atoms with E-state index in [1.165, 1.54) is 6.20 Å². The molecular weight excluding hydrogens is 529 g/mol. The van der Waals surface area contributed by atoms with Crippen LogP contribution in [0, 0.1) is 11.7 Å². The first-order valence-electron chi connectivity index (χ1n) is 14.4. The number of aryl methyl sites for hydroxylation is 1. The zero-order valence-corrected chi connectivity index (χ0v) is 23.1. The standard InChI is InChI=1S/C30H34FN5O5/c1-18-14-38-24(18)15-40-26-5-3-22-27(36-26)20(21(31)13-32-22)6-7-30-10-8-29(9-11-30,17-41-30)33-12-19-2-4-23-28(34-19)35-25(37)16-39-23/h2-5,13,18,24,33H,6-12,14-17H2,1H3,(H,34,35,37)/t18-,24-,29?,30?/m1/s1. The summed E-state index contributed by atoms with van der Waals surface area (Å²) < 4.78 is 38.4. The predicted octanol–water partition coefficient (Wildman–Crippen LogP) is 3.71. The van der Waals surface area contributed by atoms with Crippen molar-refractivity contribution < 1.29 is 28.1 Å². The number of carbonyl (C=O) groups excluding carboxylic acids is 1. The van der Waals surface area contributed by atoms with Gasteiger partial charge in [0.2, 0.25) is 5.88 Å².